The van der Waals surface area contributed by atoms with Crippen molar-refractivity contribution in [3.8, 4) is 5.75 Å². The molecule has 0 aliphatic carbocycles. The van der Waals surface area contributed by atoms with E-state index < -0.39 is 0 Å². The Morgan fingerprint density at radius 3 is 3.07 bits per heavy atom. The maximum atomic E-state index is 13.5. The largest absolute Gasteiger partial charge is 0.483 e. The van der Waals surface area contributed by atoms with E-state index >= 15 is 0 Å². The third-order valence-electron chi connectivity index (χ3n) is 1.99. The lowest BCUT2D eigenvalue weighted by Crippen LogP contribution is -1.97. The van der Waals surface area contributed by atoms with Gasteiger partial charge in [-0.25, -0.2) is 9.37 Å². The van der Waals surface area contributed by atoms with Crippen molar-refractivity contribution in [3.63, 3.8) is 0 Å². The minimum Gasteiger partial charge on any atom is -0.483 e. The number of nitrogens with zero attached hydrogens (tertiary/aromatic N) is 1. The molecule has 0 amide bonds. The highest BCUT2D eigenvalue weighted by molar-refractivity contribution is 7.09. The first kappa shape index (κ1) is 10.1. The van der Waals surface area contributed by atoms with Gasteiger partial charge < -0.3 is 4.74 Å². The summed E-state index contributed by atoms with van der Waals surface area (Å²) in [6.45, 7) is 2.03. The molecule has 0 saturated heterocycles. The van der Waals surface area contributed by atoms with Crippen LogP contribution < -0.4 is 4.74 Å². The van der Waals surface area contributed by atoms with Crippen molar-refractivity contribution in [1.82, 2.24) is 4.98 Å². The first-order valence-electron chi connectivity index (χ1n) is 4.53. The van der Waals surface area contributed by atoms with E-state index in [4.69, 9.17) is 4.74 Å². The SMILES string of the molecule is Cc1cccc(OCc2nccs2)c1F. The molecule has 0 radical (unpaired) electrons. The Hall–Kier alpha value is -1.42. The van der Waals surface area contributed by atoms with Crippen LogP contribution in [0.25, 0.3) is 0 Å². The quantitative estimate of drug-likeness (QED) is 0.797. The molecule has 1 heterocycles. The van der Waals surface area contributed by atoms with E-state index in [0.29, 0.717) is 12.2 Å². The van der Waals surface area contributed by atoms with E-state index in [-0.39, 0.29) is 11.6 Å². The summed E-state index contributed by atoms with van der Waals surface area (Å²) in [6.07, 6.45) is 1.70. The molecular formula is C11H10FNOS. The molecular weight excluding hydrogens is 213 g/mol. The molecule has 4 heteroatoms. The summed E-state index contributed by atoms with van der Waals surface area (Å²) < 4.78 is 18.8. The number of benzene rings is 1. The highest BCUT2D eigenvalue weighted by Crippen LogP contribution is 2.20. The van der Waals surface area contributed by atoms with Gasteiger partial charge >= 0.3 is 0 Å². The van der Waals surface area contributed by atoms with Crippen molar-refractivity contribution < 1.29 is 9.13 Å². The van der Waals surface area contributed by atoms with Crippen LogP contribution in [-0.4, -0.2) is 4.98 Å². The van der Waals surface area contributed by atoms with Gasteiger partial charge in [0.1, 0.15) is 11.6 Å². The lowest BCUT2D eigenvalue weighted by Gasteiger charge is -2.06. The zero-order chi connectivity index (χ0) is 10.7. The number of halogens is 1. The summed E-state index contributed by atoms with van der Waals surface area (Å²) in [5.74, 6) is -0.0146. The average Bonchev–Trinajstić information content (AvgIpc) is 2.73. The van der Waals surface area contributed by atoms with E-state index in [1.807, 2.05) is 5.38 Å². The van der Waals surface area contributed by atoms with Crippen LogP contribution in [0.4, 0.5) is 4.39 Å². The maximum absolute atomic E-state index is 13.5. The van der Waals surface area contributed by atoms with Crippen molar-refractivity contribution in [3.05, 3.63) is 46.2 Å². The number of rotatable bonds is 3. The number of hydrogen-bond acceptors (Lipinski definition) is 3. The van der Waals surface area contributed by atoms with Gasteiger partial charge in [0.25, 0.3) is 0 Å². The van der Waals surface area contributed by atoms with E-state index in [2.05, 4.69) is 4.98 Å². The molecule has 0 aliphatic heterocycles. The fourth-order valence-corrected chi connectivity index (χ4v) is 1.72. The highest BCUT2D eigenvalue weighted by Gasteiger charge is 2.06. The molecule has 0 spiro atoms. The predicted octanol–water partition coefficient (Wildman–Crippen LogP) is 3.17. The molecule has 0 saturated carbocycles. The Morgan fingerprint density at radius 1 is 1.47 bits per heavy atom. The molecule has 0 unspecified atom stereocenters. The zero-order valence-corrected chi connectivity index (χ0v) is 9.05. The predicted molar refractivity (Wildman–Crippen MR) is 57.6 cm³/mol. The number of ether oxygens (including phenoxy) is 1. The fourth-order valence-electron chi connectivity index (χ4n) is 1.20. The van der Waals surface area contributed by atoms with Gasteiger partial charge in [-0.15, -0.1) is 11.3 Å². The minimum absolute atomic E-state index is 0.283. The van der Waals surface area contributed by atoms with E-state index in [0.717, 1.165) is 5.01 Å². The molecule has 78 valence electrons. The first-order valence-corrected chi connectivity index (χ1v) is 5.41. The molecule has 0 fully saturated rings. The van der Waals surface area contributed by atoms with Crippen LogP contribution in [0.15, 0.2) is 29.8 Å². The Balaban J connectivity index is 2.08. The molecule has 1 aromatic heterocycles. The lowest BCUT2D eigenvalue weighted by molar-refractivity contribution is 0.289. The second-order valence-electron chi connectivity index (χ2n) is 3.10. The van der Waals surface area contributed by atoms with E-state index in [9.17, 15) is 4.39 Å². The fraction of sp³-hybridized carbons (Fsp3) is 0.182. The van der Waals surface area contributed by atoms with Crippen LogP contribution in [0.3, 0.4) is 0 Å². The molecule has 0 aliphatic rings. The van der Waals surface area contributed by atoms with Crippen LogP contribution in [-0.2, 0) is 6.61 Å². The van der Waals surface area contributed by atoms with Gasteiger partial charge in [-0.1, -0.05) is 12.1 Å². The van der Waals surface area contributed by atoms with Gasteiger partial charge in [0.15, 0.2) is 11.6 Å². The molecule has 15 heavy (non-hydrogen) atoms. The van der Waals surface area contributed by atoms with Crippen molar-refractivity contribution in [1.29, 1.82) is 0 Å². The lowest BCUT2D eigenvalue weighted by atomic mass is 10.2. The van der Waals surface area contributed by atoms with Crippen LogP contribution in [0.1, 0.15) is 10.6 Å². The number of aryl methyl sites for hydroxylation is 1. The van der Waals surface area contributed by atoms with Gasteiger partial charge in [0, 0.05) is 11.6 Å². The van der Waals surface area contributed by atoms with Gasteiger partial charge in [0.2, 0.25) is 0 Å². The Morgan fingerprint density at radius 2 is 2.33 bits per heavy atom. The molecule has 0 N–H and O–H groups in total. The van der Waals surface area contributed by atoms with Crippen molar-refractivity contribution in [2.24, 2.45) is 0 Å². The van der Waals surface area contributed by atoms with Crippen LogP contribution in [0, 0.1) is 12.7 Å². The van der Waals surface area contributed by atoms with Gasteiger partial charge in [-0.3, -0.25) is 0 Å². The average molecular weight is 223 g/mol. The third kappa shape index (κ3) is 2.33. The van der Waals surface area contributed by atoms with E-state index in [1.165, 1.54) is 11.3 Å². The standard InChI is InChI=1S/C11H10FNOS/c1-8-3-2-4-9(11(8)12)14-7-10-13-5-6-15-10/h2-6H,7H2,1H3. The van der Waals surface area contributed by atoms with Crippen molar-refractivity contribution in [2.45, 2.75) is 13.5 Å². The minimum atomic E-state index is -0.297. The smallest absolute Gasteiger partial charge is 0.167 e. The van der Waals surface area contributed by atoms with Crippen molar-refractivity contribution >= 4 is 11.3 Å². The molecule has 1 aromatic carbocycles. The molecule has 0 bridgehead atoms. The second-order valence-corrected chi connectivity index (χ2v) is 4.08. The Labute approximate surface area is 91.4 Å². The maximum Gasteiger partial charge on any atom is 0.167 e. The van der Waals surface area contributed by atoms with Crippen LogP contribution in [0.2, 0.25) is 0 Å². The monoisotopic (exact) mass is 223 g/mol. The van der Waals surface area contributed by atoms with Crippen molar-refractivity contribution in [2.75, 3.05) is 0 Å². The molecule has 2 nitrogen and oxygen atoms in total. The summed E-state index contributed by atoms with van der Waals surface area (Å²) >= 11 is 1.49. The topological polar surface area (TPSA) is 22.1 Å². The summed E-state index contributed by atoms with van der Waals surface area (Å²) in [4.78, 5) is 4.05. The summed E-state index contributed by atoms with van der Waals surface area (Å²) in [5, 5.41) is 2.71. The second kappa shape index (κ2) is 4.40. The van der Waals surface area contributed by atoms with Gasteiger partial charge in [-0.05, 0) is 18.6 Å². The normalized spacial score (nSPS) is 10.3. The van der Waals surface area contributed by atoms with Gasteiger partial charge in [0.05, 0.1) is 0 Å². The van der Waals surface area contributed by atoms with Gasteiger partial charge in [-0.2, -0.15) is 0 Å². The molecule has 2 rings (SSSR count). The Bertz CT molecular complexity index is 442. The number of thiazole rings is 1. The highest BCUT2D eigenvalue weighted by atomic mass is 32.1. The number of aromatic nitrogens is 1. The zero-order valence-electron chi connectivity index (χ0n) is 8.24. The summed E-state index contributed by atoms with van der Waals surface area (Å²) in [6, 6.07) is 5.11. The van der Waals surface area contributed by atoms with E-state index in [1.54, 1.807) is 31.3 Å². The first-order chi connectivity index (χ1) is 7.27. The number of hydrogen-bond donors (Lipinski definition) is 0. The summed E-state index contributed by atoms with van der Waals surface area (Å²) in [5.41, 5.74) is 0.589. The summed E-state index contributed by atoms with van der Waals surface area (Å²) in [7, 11) is 0. The van der Waals surface area contributed by atoms with Crippen LogP contribution in [0.5, 0.6) is 5.75 Å². The Kier molecular flexibility index (Phi) is 2.97. The van der Waals surface area contributed by atoms with Crippen LogP contribution >= 0.6 is 11.3 Å². The molecule has 0 atom stereocenters. The third-order valence-corrected chi connectivity index (χ3v) is 2.74. The molecule has 2 aromatic rings.